The zero-order chi connectivity index (χ0) is 29.4. The van der Waals surface area contributed by atoms with Crippen molar-refractivity contribution in [2.45, 2.75) is 62.4 Å². The highest BCUT2D eigenvalue weighted by molar-refractivity contribution is 7.16. The third kappa shape index (κ3) is 5.65. The molecule has 10 nitrogen and oxygen atoms in total. The van der Waals surface area contributed by atoms with E-state index < -0.39 is 41.7 Å². The lowest BCUT2D eigenvalue weighted by molar-refractivity contribution is -0.133. The van der Waals surface area contributed by atoms with Crippen LogP contribution < -0.4 is 21.1 Å². The van der Waals surface area contributed by atoms with Gasteiger partial charge < -0.3 is 15.1 Å². The number of thiazole rings is 1. The Bertz CT molecular complexity index is 1570. The first-order valence-electron chi connectivity index (χ1n) is 13.1. The minimum atomic E-state index is -2.92. The van der Waals surface area contributed by atoms with Gasteiger partial charge in [-0.05, 0) is 44.7 Å². The van der Waals surface area contributed by atoms with E-state index in [0.717, 1.165) is 16.1 Å². The molecule has 0 unspecified atom stereocenters. The third-order valence-electron chi connectivity index (χ3n) is 7.41. The number of anilines is 1. The van der Waals surface area contributed by atoms with Crippen LogP contribution in [-0.4, -0.2) is 47.2 Å². The summed E-state index contributed by atoms with van der Waals surface area (Å²) in [7, 11) is 1.64. The maximum absolute atomic E-state index is 14.0. The molecule has 2 fully saturated rings. The maximum atomic E-state index is 14.0. The lowest BCUT2D eigenvalue weighted by Gasteiger charge is -2.39. The molecule has 41 heavy (non-hydrogen) atoms. The third-order valence-corrected chi connectivity index (χ3v) is 8.38. The van der Waals surface area contributed by atoms with Crippen molar-refractivity contribution in [1.82, 2.24) is 21.0 Å². The van der Waals surface area contributed by atoms with Gasteiger partial charge in [-0.2, -0.15) is 5.26 Å². The number of hydrogen-bond acceptors (Lipinski definition) is 8. The van der Waals surface area contributed by atoms with Gasteiger partial charge in [0.05, 0.1) is 11.8 Å². The summed E-state index contributed by atoms with van der Waals surface area (Å²) in [5.74, 6) is -4.30. The predicted octanol–water partition coefficient (Wildman–Crippen LogP) is 4.83. The largest absolute Gasteiger partial charge is 0.451 e. The predicted molar refractivity (Wildman–Crippen MR) is 152 cm³/mol. The van der Waals surface area contributed by atoms with Gasteiger partial charge in [0.2, 0.25) is 17.0 Å². The number of rotatable bonds is 9. The summed E-state index contributed by atoms with van der Waals surface area (Å²) >= 11 is 1.45. The van der Waals surface area contributed by atoms with Crippen molar-refractivity contribution >= 4 is 45.6 Å². The average Bonchev–Trinajstić information content (AvgIpc) is 3.40. The van der Waals surface area contributed by atoms with Crippen molar-refractivity contribution in [3.63, 3.8) is 0 Å². The monoisotopic (exact) mass is 581 g/mol. The number of halogens is 2. The van der Waals surface area contributed by atoms with Crippen molar-refractivity contribution in [3.05, 3.63) is 47.7 Å². The van der Waals surface area contributed by atoms with E-state index in [4.69, 9.17) is 9.40 Å². The highest BCUT2D eigenvalue weighted by atomic mass is 32.1. The van der Waals surface area contributed by atoms with Gasteiger partial charge in [-0.15, -0.1) is 0 Å². The van der Waals surface area contributed by atoms with E-state index in [-0.39, 0.29) is 18.6 Å². The van der Waals surface area contributed by atoms with Gasteiger partial charge in [-0.25, -0.2) is 18.8 Å². The van der Waals surface area contributed by atoms with Gasteiger partial charge in [0.15, 0.2) is 5.76 Å². The van der Waals surface area contributed by atoms with Gasteiger partial charge in [0.25, 0.3) is 5.91 Å². The van der Waals surface area contributed by atoms with E-state index in [0.29, 0.717) is 28.9 Å². The van der Waals surface area contributed by atoms with Crippen LogP contribution in [0.3, 0.4) is 0 Å². The van der Waals surface area contributed by atoms with E-state index in [1.54, 1.807) is 36.6 Å². The highest BCUT2D eigenvalue weighted by Gasteiger charge is 2.53. The quantitative estimate of drug-likeness (QED) is 0.187. The zero-order valence-corrected chi connectivity index (χ0v) is 23.4. The van der Waals surface area contributed by atoms with Crippen molar-refractivity contribution in [2.24, 2.45) is 4.99 Å². The molecule has 2 amide bonds. The van der Waals surface area contributed by atoms with Crippen molar-refractivity contribution < 1.29 is 22.8 Å². The molecule has 0 spiro atoms. The number of furan rings is 1. The van der Waals surface area contributed by atoms with Crippen LogP contribution in [0.4, 0.5) is 13.9 Å². The lowest BCUT2D eigenvalue weighted by atomic mass is 9.78. The van der Waals surface area contributed by atoms with E-state index >= 15 is 0 Å². The number of hydrogen-bond donors (Lipinski definition) is 3. The Labute approximate surface area is 239 Å². The number of nitriles is 1. The van der Waals surface area contributed by atoms with Crippen LogP contribution in [0.25, 0.3) is 22.2 Å². The summed E-state index contributed by atoms with van der Waals surface area (Å²) in [6.45, 7) is 5.61. The van der Waals surface area contributed by atoms with Crippen LogP contribution >= 0.6 is 11.3 Å². The minimum Gasteiger partial charge on any atom is -0.451 e. The second-order valence-corrected chi connectivity index (χ2v) is 11.6. The summed E-state index contributed by atoms with van der Waals surface area (Å²) < 4.78 is 33.9. The molecule has 13 heteroatoms. The van der Waals surface area contributed by atoms with Gasteiger partial charge >= 0.3 is 0 Å². The van der Waals surface area contributed by atoms with Crippen LogP contribution in [0.1, 0.15) is 54.0 Å². The molecular formula is C28H29F2N7O3S. The molecule has 0 radical (unpaired) electrons. The van der Waals surface area contributed by atoms with Crippen LogP contribution in [-0.2, 0) is 4.79 Å². The average molecular weight is 582 g/mol. The van der Waals surface area contributed by atoms with E-state index in [1.807, 2.05) is 13.0 Å². The number of nitrogens with zero attached hydrogens (tertiary/aromatic N) is 4. The molecule has 2 saturated carbocycles. The van der Waals surface area contributed by atoms with Gasteiger partial charge in [0, 0.05) is 41.9 Å². The Morgan fingerprint density at radius 3 is 2.56 bits per heavy atom. The Morgan fingerprint density at radius 2 is 1.93 bits per heavy atom. The first kappa shape index (κ1) is 28.2. The Morgan fingerprint density at radius 1 is 1.20 bits per heavy atom. The lowest BCUT2D eigenvalue weighted by Crippen LogP contribution is -2.62. The Kier molecular flexibility index (Phi) is 7.29. The number of benzene rings is 1. The number of aromatic nitrogens is 1. The Hall–Kier alpha value is -4.31. The molecular weight excluding hydrogens is 552 g/mol. The first-order valence-corrected chi connectivity index (χ1v) is 13.9. The summed E-state index contributed by atoms with van der Waals surface area (Å²) in [6, 6.07) is 9.04. The molecule has 0 atom stereocenters. The maximum Gasteiger partial charge on any atom is 0.287 e. The van der Waals surface area contributed by atoms with Crippen molar-refractivity contribution in [1.29, 1.82) is 5.26 Å². The minimum absolute atomic E-state index is 0.0562. The van der Waals surface area contributed by atoms with Gasteiger partial charge in [-0.1, -0.05) is 30.0 Å². The number of nitrogens with one attached hydrogen (secondary N) is 3. The highest BCUT2D eigenvalue weighted by Crippen LogP contribution is 2.41. The summed E-state index contributed by atoms with van der Waals surface area (Å²) in [6.07, 6.45) is 2.44. The molecule has 3 N–H and O–H groups in total. The first-order chi connectivity index (χ1) is 19.5. The second-order valence-electron chi connectivity index (χ2n) is 10.4. The summed E-state index contributed by atoms with van der Waals surface area (Å²) in [5.41, 5.74) is 2.29. The van der Waals surface area contributed by atoms with E-state index in [2.05, 4.69) is 33.7 Å². The van der Waals surface area contributed by atoms with Gasteiger partial charge in [-0.3, -0.25) is 20.0 Å². The number of fused-ring (bicyclic) bond motifs is 1. The molecule has 2 aromatic heterocycles. The number of carbonyl (C=O) groups excluding carboxylic acids is 2. The molecule has 0 saturated heterocycles. The van der Waals surface area contributed by atoms with Crippen LogP contribution in [0.2, 0.25) is 0 Å². The molecule has 2 heterocycles. The topological polar surface area (TPSA) is 136 Å². The smallest absolute Gasteiger partial charge is 0.287 e. The second kappa shape index (κ2) is 10.6. The fraction of sp³-hybridized carbons (Fsp3) is 0.393. The molecule has 0 bridgehead atoms. The summed E-state index contributed by atoms with van der Waals surface area (Å²) in [4.78, 5) is 36.3. The van der Waals surface area contributed by atoms with Crippen LogP contribution in [0.5, 0.6) is 0 Å². The standard InChI is InChI=1S/C28H29F2N7O3S/c1-4-33-37(16-32-3)25-34-22(17(2)41-25)19-6-5-18-13-21(40-20(18)14-19)23(38)35-27(9-11-28(29,30)12-10-27)24(39)36-26(15-31)7-8-26/h4-6,13-14,16,33H,1,7-12H2,2-3H3,(H,35,38)(H,36,39)/b32-16-. The van der Waals surface area contributed by atoms with Gasteiger partial charge in [0.1, 0.15) is 23.0 Å². The van der Waals surface area contributed by atoms with E-state index in [1.165, 1.54) is 17.5 Å². The van der Waals surface area contributed by atoms with Crippen molar-refractivity contribution in [2.75, 3.05) is 12.1 Å². The van der Waals surface area contributed by atoms with Crippen LogP contribution in [0.15, 0.2) is 46.5 Å². The number of aliphatic imine (C=N–C) groups is 1. The normalized spacial score (nSPS) is 18.4. The fourth-order valence-electron chi connectivity index (χ4n) is 4.85. The Balaban J connectivity index is 1.40. The summed E-state index contributed by atoms with van der Waals surface area (Å²) in [5, 5.41) is 17.7. The molecule has 2 aliphatic rings. The fourth-order valence-corrected chi connectivity index (χ4v) is 5.72. The van der Waals surface area contributed by atoms with Crippen LogP contribution in [0, 0.1) is 18.3 Å². The molecule has 0 aliphatic heterocycles. The molecule has 1 aromatic carbocycles. The number of aryl methyl sites for hydroxylation is 1. The number of carbonyl (C=O) groups is 2. The zero-order valence-electron chi connectivity index (χ0n) is 22.6. The van der Waals surface area contributed by atoms with E-state index in [9.17, 15) is 23.6 Å². The SMILES string of the molecule is C=CNN(/C=N\C)c1nc(-c2ccc3cc(C(=O)NC4(C(=O)NC5(C#N)CC5)CCC(F)(F)CC4)oc3c2)c(C)s1. The number of alkyl halides is 2. The number of amides is 2. The molecule has 214 valence electrons. The molecule has 5 rings (SSSR count). The number of hydrazine groups is 1. The molecule has 3 aromatic rings. The molecule has 2 aliphatic carbocycles. The van der Waals surface area contributed by atoms with Crippen molar-refractivity contribution in [3.8, 4) is 17.3 Å².